The van der Waals surface area contributed by atoms with Gasteiger partial charge in [0.1, 0.15) is 17.2 Å². The van der Waals surface area contributed by atoms with Gasteiger partial charge in [-0.2, -0.15) is 5.10 Å². The molecule has 2 aromatic heterocycles. The minimum Gasteiger partial charge on any atom is -0.381 e. The number of carbonyl (C=O) groups excluding carboxylic acids is 1. The monoisotopic (exact) mass is 543 g/mol. The van der Waals surface area contributed by atoms with Crippen molar-refractivity contribution in [2.45, 2.75) is 13.0 Å². The highest BCUT2D eigenvalue weighted by molar-refractivity contribution is 6.03. The molecule has 41 heavy (non-hydrogen) atoms. The van der Waals surface area contributed by atoms with Crippen molar-refractivity contribution in [2.75, 3.05) is 17.6 Å². The van der Waals surface area contributed by atoms with Crippen LogP contribution in [0.3, 0.4) is 0 Å². The van der Waals surface area contributed by atoms with E-state index in [9.17, 15) is 9.59 Å². The summed E-state index contributed by atoms with van der Waals surface area (Å²) < 4.78 is 3.02. The van der Waals surface area contributed by atoms with Crippen LogP contribution in [0.25, 0.3) is 16.6 Å². The molecular formula is C32H29N7O2. The van der Waals surface area contributed by atoms with Crippen LogP contribution in [-0.2, 0) is 7.05 Å². The number of para-hydroxylation sites is 1. The molecule has 204 valence electrons. The topological polar surface area (TPSA) is 120 Å². The van der Waals surface area contributed by atoms with Crippen LogP contribution in [0.15, 0.2) is 96.3 Å². The van der Waals surface area contributed by atoms with Gasteiger partial charge in [-0.3, -0.25) is 18.8 Å². The third-order valence-electron chi connectivity index (χ3n) is 6.50. The van der Waals surface area contributed by atoms with Crippen LogP contribution < -0.4 is 21.9 Å². The number of carbonyl (C=O) groups is 1. The predicted octanol–water partition coefficient (Wildman–Crippen LogP) is 4.19. The van der Waals surface area contributed by atoms with Gasteiger partial charge in [-0.05, 0) is 43.3 Å². The van der Waals surface area contributed by atoms with Crippen molar-refractivity contribution in [3.05, 3.63) is 124 Å². The van der Waals surface area contributed by atoms with Crippen molar-refractivity contribution in [2.24, 2.45) is 7.05 Å². The molecule has 2 heterocycles. The zero-order valence-corrected chi connectivity index (χ0v) is 22.8. The molecule has 0 aliphatic heterocycles. The Kier molecular flexibility index (Phi) is 7.65. The highest BCUT2D eigenvalue weighted by Gasteiger charge is 2.25. The van der Waals surface area contributed by atoms with Crippen molar-refractivity contribution >= 4 is 28.4 Å². The molecule has 0 spiro atoms. The molecule has 0 aliphatic rings. The molecule has 5 aromatic rings. The molecule has 1 unspecified atom stereocenters. The van der Waals surface area contributed by atoms with Gasteiger partial charge in [-0.15, -0.1) is 6.58 Å². The molecule has 0 fully saturated rings. The lowest BCUT2D eigenvalue weighted by Crippen LogP contribution is -2.34. The van der Waals surface area contributed by atoms with Crippen LogP contribution in [0.5, 0.6) is 0 Å². The zero-order chi connectivity index (χ0) is 28.9. The van der Waals surface area contributed by atoms with Crippen LogP contribution in [0.2, 0.25) is 0 Å². The number of hydrogen-bond donors (Lipinski definition) is 3. The molecule has 0 bridgehead atoms. The Labute approximate surface area is 237 Å². The second-order valence-electron chi connectivity index (χ2n) is 9.36. The average Bonchev–Trinajstić information content (AvgIpc) is 3.27. The number of amides is 1. The SMILES string of the molecule is C=CCNc1c(C(=O)NC(C)c2nc3cccc(C#Cc4ccccc4)c3c(=O)n2-c2ccccc2)c(N)nn1C. The Morgan fingerprint density at radius 2 is 1.76 bits per heavy atom. The van der Waals surface area contributed by atoms with Crippen molar-refractivity contribution in [3.63, 3.8) is 0 Å². The van der Waals surface area contributed by atoms with E-state index in [0.29, 0.717) is 40.3 Å². The second-order valence-corrected chi connectivity index (χ2v) is 9.36. The molecule has 0 saturated heterocycles. The maximum Gasteiger partial charge on any atom is 0.267 e. The molecule has 5 rings (SSSR count). The molecule has 9 nitrogen and oxygen atoms in total. The van der Waals surface area contributed by atoms with E-state index in [2.05, 4.69) is 34.2 Å². The normalized spacial score (nSPS) is 11.4. The first-order chi connectivity index (χ1) is 19.9. The fraction of sp³-hybridized carbons (Fsp3) is 0.125. The summed E-state index contributed by atoms with van der Waals surface area (Å²) in [5.41, 5.74) is 8.51. The summed E-state index contributed by atoms with van der Waals surface area (Å²) >= 11 is 0. The van der Waals surface area contributed by atoms with Gasteiger partial charge in [0, 0.05) is 24.7 Å². The average molecular weight is 544 g/mol. The van der Waals surface area contributed by atoms with Gasteiger partial charge < -0.3 is 16.4 Å². The Hall–Kier alpha value is -5.62. The number of rotatable bonds is 7. The number of aryl methyl sites for hydroxylation is 1. The molecule has 0 saturated carbocycles. The van der Waals surface area contributed by atoms with Gasteiger partial charge in [0.25, 0.3) is 11.5 Å². The zero-order valence-electron chi connectivity index (χ0n) is 22.8. The summed E-state index contributed by atoms with van der Waals surface area (Å²) in [5, 5.41) is 10.6. The lowest BCUT2D eigenvalue weighted by atomic mass is 10.1. The lowest BCUT2D eigenvalue weighted by molar-refractivity contribution is 0.0939. The summed E-state index contributed by atoms with van der Waals surface area (Å²) in [6.45, 7) is 5.90. The molecule has 1 amide bonds. The molecule has 3 aromatic carbocycles. The molecule has 1 atom stereocenters. The second kappa shape index (κ2) is 11.6. The van der Waals surface area contributed by atoms with Crippen LogP contribution >= 0.6 is 0 Å². The largest absolute Gasteiger partial charge is 0.381 e. The predicted molar refractivity (Wildman–Crippen MR) is 162 cm³/mol. The lowest BCUT2D eigenvalue weighted by Gasteiger charge is -2.20. The highest BCUT2D eigenvalue weighted by atomic mass is 16.2. The fourth-order valence-corrected chi connectivity index (χ4v) is 4.60. The molecular weight excluding hydrogens is 514 g/mol. The standard InChI is InChI=1S/C32H29N7O2/c1-4-20-34-30-27(28(33)37-38(30)3)31(40)35-21(2)29-36-25-17-11-14-23(19-18-22-12-7-5-8-13-22)26(25)32(41)39(29)24-15-9-6-10-16-24/h4-17,21,34H,1,20H2,2-3H3,(H2,33,37)(H,35,40). The number of benzene rings is 3. The van der Waals surface area contributed by atoms with E-state index in [1.807, 2.05) is 72.8 Å². The first-order valence-corrected chi connectivity index (χ1v) is 13.0. The van der Waals surface area contributed by atoms with E-state index in [0.717, 1.165) is 5.56 Å². The molecule has 9 heteroatoms. The summed E-state index contributed by atoms with van der Waals surface area (Å²) in [7, 11) is 1.69. The van der Waals surface area contributed by atoms with Gasteiger partial charge in [-0.25, -0.2) is 4.98 Å². The van der Waals surface area contributed by atoms with Crippen molar-refractivity contribution in [3.8, 4) is 17.5 Å². The highest BCUT2D eigenvalue weighted by Crippen LogP contribution is 2.24. The Balaban J connectivity index is 1.62. The summed E-state index contributed by atoms with van der Waals surface area (Å²) in [4.78, 5) is 32.5. The van der Waals surface area contributed by atoms with Crippen molar-refractivity contribution in [1.82, 2.24) is 24.6 Å². The first kappa shape index (κ1) is 27.0. The number of hydrogen-bond acceptors (Lipinski definition) is 6. The van der Waals surface area contributed by atoms with Crippen molar-refractivity contribution < 1.29 is 4.79 Å². The number of nitrogen functional groups attached to an aromatic ring is 1. The van der Waals surface area contributed by atoms with Crippen LogP contribution in [0.4, 0.5) is 11.6 Å². The number of aromatic nitrogens is 4. The molecule has 0 aliphatic carbocycles. The summed E-state index contributed by atoms with van der Waals surface area (Å²) in [6, 6.07) is 23.5. The number of nitrogens with one attached hydrogen (secondary N) is 2. The van der Waals surface area contributed by atoms with Crippen LogP contribution in [-0.4, -0.2) is 31.8 Å². The van der Waals surface area contributed by atoms with Crippen molar-refractivity contribution in [1.29, 1.82) is 0 Å². The molecule has 0 radical (unpaired) electrons. The minimum atomic E-state index is -0.675. The molecule has 4 N–H and O–H groups in total. The number of anilines is 2. The fourth-order valence-electron chi connectivity index (χ4n) is 4.60. The number of fused-ring (bicyclic) bond motifs is 1. The van der Waals surface area contributed by atoms with Crippen LogP contribution in [0, 0.1) is 11.8 Å². The minimum absolute atomic E-state index is 0.0808. The van der Waals surface area contributed by atoms with Gasteiger partial charge in [0.05, 0.1) is 22.6 Å². The van der Waals surface area contributed by atoms with Crippen LogP contribution in [0.1, 0.15) is 40.3 Å². The van der Waals surface area contributed by atoms with E-state index in [1.54, 1.807) is 26.1 Å². The van der Waals surface area contributed by atoms with Gasteiger partial charge in [-0.1, -0.05) is 60.4 Å². The third-order valence-corrected chi connectivity index (χ3v) is 6.50. The summed E-state index contributed by atoms with van der Waals surface area (Å²) in [6.07, 6.45) is 1.67. The van der Waals surface area contributed by atoms with E-state index in [4.69, 9.17) is 10.7 Å². The van der Waals surface area contributed by atoms with E-state index >= 15 is 0 Å². The maximum atomic E-state index is 14.2. The maximum absolute atomic E-state index is 14.2. The smallest absolute Gasteiger partial charge is 0.267 e. The quantitative estimate of drug-likeness (QED) is 0.209. The van der Waals surface area contributed by atoms with Gasteiger partial charge in [0.15, 0.2) is 5.82 Å². The third kappa shape index (κ3) is 5.44. The first-order valence-electron chi connectivity index (χ1n) is 13.0. The number of nitrogens with two attached hydrogens (primary N) is 1. The van der Waals surface area contributed by atoms with E-state index < -0.39 is 11.9 Å². The Bertz CT molecular complexity index is 1860. The Morgan fingerprint density at radius 1 is 1.05 bits per heavy atom. The number of nitrogens with zero attached hydrogens (tertiary/aromatic N) is 4. The van der Waals surface area contributed by atoms with E-state index in [1.165, 1.54) is 9.25 Å². The van der Waals surface area contributed by atoms with E-state index in [-0.39, 0.29) is 16.9 Å². The Morgan fingerprint density at radius 3 is 2.46 bits per heavy atom. The van der Waals surface area contributed by atoms with Gasteiger partial charge in [0.2, 0.25) is 0 Å². The van der Waals surface area contributed by atoms with Gasteiger partial charge >= 0.3 is 0 Å². The summed E-state index contributed by atoms with van der Waals surface area (Å²) in [5.74, 6) is 6.73.